The van der Waals surface area contributed by atoms with Crippen LogP contribution in [0.2, 0.25) is 0 Å². The lowest BCUT2D eigenvalue weighted by molar-refractivity contribution is -0.139. The third-order valence-electron chi connectivity index (χ3n) is 4.32. The highest BCUT2D eigenvalue weighted by Gasteiger charge is 2.14. The van der Waals surface area contributed by atoms with E-state index in [0.29, 0.717) is 6.54 Å². The molecule has 1 aromatic carbocycles. The molecule has 0 saturated carbocycles. The largest absolute Gasteiger partial charge is 0.348 e. The second kappa shape index (κ2) is 8.66. The van der Waals surface area contributed by atoms with Gasteiger partial charge in [0.15, 0.2) is 0 Å². The molecule has 2 rings (SSSR count). The van der Waals surface area contributed by atoms with E-state index in [1.165, 1.54) is 11.1 Å². The lowest BCUT2D eigenvalue weighted by Gasteiger charge is -2.13. The van der Waals surface area contributed by atoms with E-state index < -0.39 is 11.8 Å². The van der Waals surface area contributed by atoms with E-state index in [9.17, 15) is 9.59 Å². The normalized spacial score (nSPS) is 11.2. The number of hydrazone groups is 1. The summed E-state index contributed by atoms with van der Waals surface area (Å²) in [6.07, 6.45) is 1.57. The first-order valence-corrected chi connectivity index (χ1v) is 9.08. The third kappa shape index (κ3) is 5.06. The van der Waals surface area contributed by atoms with Gasteiger partial charge in [0.1, 0.15) is 0 Å². The SMILES string of the molecule is Cc1ccc(C)c(-n2c(C)cc(/C=N\NC(=O)C(=O)NCC(C)C)c2C)c1. The molecule has 0 fully saturated rings. The van der Waals surface area contributed by atoms with Crippen molar-refractivity contribution in [3.63, 3.8) is 0 Å². The summed E-state index contributed by atoms with van der Waals surface area (Å²) in [4.78, 5) is 23.4. The van der Waals surface area contributed by atoms with Crippen molar-refractivity contribution in [3.8, 4) is 5.69 Å². The maximum Gasteiger partial charge on any atom is 0.329 e. The summed E-state index contributed by atoms with van der Waals surface area (Å²) in [7, 11) is 0. The minimum atomic E-state index is -0.768. The zero-order valence-electron chi connectivity index (χ0n) is 16.9. The molecule has 0 saturated heterocycles. The third-order valence-corrected chi connectivity index (χ3v) is 4.32. The van der Waals surface area contributed by atoms with Crippen molar-refractivity contribution >= 4 is 18.0 Å². The molecule has 0 unspecified atom stereocenters. The van der Waals surface area contributed by atoms with Crippen molar-refractivity contribution in [1.29, 1.82) is 0 Å². The number of nitrogens with zero attached hydrogens (tertiary/aromatic N) is 2. The average molecular weight is 368 g/mol. The molecule has 0 aliphatic carbocycles. The highest BCUT2D eigenvalue weighted by Crippen LogP contribution is 2.23. The Balaban J connectivity index is 2.15. The highest BCUT2D eigenvalue weighted by atomic mass is 16.2. The van der Waals surface area contributed by atoms with E-state index in [2.05, 4.69) is 52.5 Å². The predicted molar refractivity (Wildman–Crippen MR) is 108 cm³/mol. The van der Waals surface area contributed by atoms with Crippen molar-refractivity contribution in [2.75, 3.05) is 6.54 Å². The Labute approximate surface area is 160 Å². The van der Waals surface area contributed by atoms with Crippen LogP contribution in [-0.4, -0.2) is 29.1 Å². The first-order valence-electron chi connectivity index (χ1n) is 9.08. The number of nitrogens with one attached hydrogen (secondary N) is 2. The van der Waals surface area contributed by atoms with Gasteiger partial charge >= 0.3 is 11.8 Å². The molecular formula is C21H28N4O2. The molecule has 0 radical (unpaired) electrons. The Bertz CT molecular complexity index is 879. The molecule has 0 atom stereocenters. The molecule has 0 bridgehead atoms. The van der Waals surface area contributed by atoms with Crippen molar-refractivity contribution in [2.45, 2.75) is 41.5 Å². The van der Waals surface area contributed by atoms with Gasteiger partial charge in [-0.05, 0) is 56.9 Å². The van der Waals surface area contributed by atoms with Crippen LogP contribution < -0.4 is 10.7 Å². The molecule has 2 N–H and O–H groups in total. The first-order chi connectivity index (χ1) is 12.7. The number of carbonyl (C=O) groups excluding carboxylic acids is 2. The number of aryl methyl sites for hydroxylation is 3. The number of benzene rings is 1. The average Bonchev–Trinajstić information content (AvgIpc) is 2.88. The van der Waals surface area contributed by atoms with Crippen LogP contribution in [0.15, 0.2) is 29.4 Å². The number of hydrogen-bond acceptors (Lipinski definition) is 3. The topological polar surface area (TPSA) is 75.5 Å². The molecule has 6 nitrogen and oxygen atoms in total. The first kappa shape index (κ1) is 20.4. The summed E-state index contributed by atoms with van der Waals surface area (Å²) in [6.45, 7) is 12.6. The van der Waals surface area contributed by atoms with Gasteiger partial charge in [-0.2, -0.15) is 5.10 Å². The maximum atomic E-state index is 11.8. The predicted octanol–water partition coefficient (Wildman–Crippen LogP) is 2.93. The summed E-state index contributed by atoms with van der Waals surface area (Å²) >= 11 is 0. The summed E-state index contributed by atoms with van der Waals surface area (Å²) in [6, 6.07) is 8.35. The van der Waals surface area contributed by atoms with Gasteiger partial charge in [-0.25, -0.2) is 5.43 Å². The molecule has 1 aromatic heterocycles. The number of aromatic nitrogens is 1. The van der Waals surface area contributed by atoms with Crippen molar-refractivity contribution in [2.24, 2.45) is 11.0 Å². The quantitative estimate of drug-likeness (QED) is 0.484. The van der Waals surface area contributed by atoms with Crippen LogP contribution in [0.3, 0.4) is 0 Å². The van der Waals surface area contributed by atoms with Gasteiger partial charge in [-0.15, -0.1) is 0 Å². The van der Waals surface area contributed by atoms with Gasteiger partial charge in [0.25, 0.3) is 0 Å². The fourth-order valence-corrected chi connectivity index (χ4v) is 2.84. The van der Waals surface area contributed by atoms with Crippen LogP contribution in [0.1, 0.15) is 41.9 Å². The second-order valence-electron chi connectivity index (χ2n) is 7.25. The van der Waals surface area contributed by atoms with E-state index in [4.69, 9.17) is 0 Å². The van der Waals surface area contributed by atoms with Gasteiger partial charge in [-0.1, -0.05) is 26.0 Å². The van der Waals surface area contributed by atoms with Crippen LogP contribution >= 0.6 is 0 Å². The van der Waals surface area contributed by atoms with Crippen molar-refractivity contribution in [1.82, 2.24) is 15.3 Å². The molecule has 6 heteroatoms. The summed E-state index contributed by atoms with van der Waals surface area (Å²) in [5.41, 5.74) is 8.76. The number of amides is 2. The molecule has 2 amide bonds. The van der Waals surface area contributed by atoms with Gasteiger partial charge in [0.2, 0.25) is 0 Å². The Morgan fingerprint density at radius 2 is 1.81 bits per heavy atom. The molecule has 0 aliphatic heterocycles. The minimum Gasteiger partial charge on any atom is -0.348 e. The van der Waals surface area contributed by atoms with Crippen LogP contribution in [0.4, 0.5) is 0 Å². The molecular weight excluding hydrogens is 340 g/mol. The molecule has 27 heavy (non-hydrogen) atoms. The lowest BCUT2D eigenvalue weighted by atomic mass is 10.1. The monoisotopic (exact) mass is 368 g/mol. The Morgan fingerprint density at radius 1 is 1.11 bits per heavy atom. The summed E-state index contributed by atoms with van der Waals surface area (Å²) < 4.78 is 2.17. The lowest BCUT2D eigenvalue weighted by Crippen LogP contribution is -2.39. The van der Waals surface area contributed by atoms with E-state index in [-0.39, 0.29) is 5.92 Å². The van der Waals surface area contributed by atoms with E-state index >= 15 is 0 Å². The molecule has 0 spiro atoms. The minimum absolute atomic E-state index is 0.278. The van der Waals surface area contributed by atoms with E-state index in [1.807, 2.05) is 33.8 Å². The fraction of sp³-hybridized carbons (Fsp3) is 0.381. The Kier molecular flexibility index (Phi) is 6.55. The highest BCUT2D eigenvalue weighted by molar-refractivity contribution is 6.35. The van der Waals surface area contributed by atoms with Crippen molar-refractivity contribution in [3.05, 3.63) is 52.3 Å². The smallest absolute Gasteiger partial charge is 0.329 e. The van der Waals surface area contributed by atoms with E-state index in [0.717, 1.165) is 22.6 Å². The van der Waals surface area contributed by atoms with Crippen molar-refractivity contribution < 1.29 is 9.59 Å². The maximum absolute atomic E-state index is 11.8. The van der Waals surface area contributed by atoms with Crippen LogP contribution in [0, 0.1) is 33.6 Å². The number of hydrogen-bond donors (Lipinski definition) is 2. The molecule has 0 aliphatic rings. The van der Waals surface area contributed by atoms with Crippen LogP contribution in [-0.2, 0) is 9.59 Å². The van der Waals surface area contributed by atoms with E-state index in [1.54, 1.807) is 6.21 Å². The second-order valence-corrected chi connectivity index (χ2v) is 7.25. The Morgan fingerprint density at radius 3 is 2.48 bits per heavy atom. The van der Waals surface area contributed by atoms with Gasteiger partial charge in [0.05, 0.1) is 6.21 Å². The zero-order chi connectivity index (χ0) is 20.1. The van der Waals surface area contributed by atoms with Gasteiger partial charge in [0, 0.05) is 29.2 Å². The molecule has 144 valence electrons. The fourth-order valence-electron chi connectivity index (χ4n) is 2.84. The molecule has 2 aromatic rings. The van der Waals surface area contributed by atoms with Gasteiger partial charge in [-0.3, -0.25) is 9.59 Å². The summed E-state index contributed by atoms with van der Waals surface area (Å²) in [5, 5.41) is 6.50. The Hall–Kier alpha value is -2.89. The van der Waals surface area contributed by atoms with Gasteiger partial charge < -0.3 is 9.88 Å². The summed E-state index contributed by atoms with van der Waals surface area (Å²) in [5.74, 6) is -1.17. The number of carbonyl (C=O) groups is 2. The zero-order valence-corrected chi connectivity index (χ0v) is 16.9. The van der Waals surface area contributed by atoms with Crippen LogP contribution in [0.25, 0.3) is 5.69 Å². The number of rotatable bonds is 5. The van der Waals surface area contributed by atoms with Crippen LogP contribution in [0.5, 0.6) is 0 Å². The standard InChI is InChI=1S/C21H28N4O2/c1-13(2)11-22-20(26)21(27)24-23-12-18-10-16(5)25(17(18)6)19-9-14(3)7-8-15(19)4/h7-10,12-13H,11H2,1-6H3,(H,22,26)(H,24,27)/b23-12-. The molecule has 1 heterocycles.